The number of fused-ring (bicyclic) bond motifs is 1. The highest BCUT2D eigenvalue weighted by molar-refractivity contribution is 6.10. The first kappa shape index (κ1) is 14.2. The number of carbonyl (C=O) groups is 1. The lowest BCUT2D eigenvalue weighted by Crippen LogP contribution is -2.18. The highest BCUT2D eigenvalue weighted by Gasteiger charge is 2.15. The molecule has 4 nitrogen and oxygen atoms in total. The fourth-order valence-corrected chi connectivity index (χ4v) is 2.23. The van der Waals surface area contributed by atoms with Crippen LogP contribution in [-0.2, 0) is 0 Å². The molecule has 0 heterocycles. The number of amides is 1. The maximum atomic E-state index is 12.0. The topological polar surface area (TPSA) is 47.6 Å². The van der Waals surface area contributed by atoms with Gasteiger partial charge in [0.25, 0.3) is 5.91 Å². The van der Waals surface area contributed by atoms with Crippen molar-refractivity contribution in [3.05, 3.63) is 35.9 Å². The lowest BCUT2D eigenvalue weighted by Gasteiger charge is -2.14. The van der Waals surface area contributed by atoms with Crippen molar-refractivity contribution in [1.29, 1.82) is 0 Å². The molecule has 0 spiro atoms. The molecular formula is C16H19NO3. The highest BCUT2D eigenvalue weighted by atomic mass is 16.5. The molecule has 0 aliphatic rings. The lowest BCUT2D eigenvalue weighted by atomic mass is 10.0. The van der Waals surface area contributed by atoms with Crippen LogP contribution in [0.25, 0.3) is 10.8 Å². The van der Waals surface area contributed by atoms with Crippen LogP contribution in [0.2, 0.25) is 0 Å². The summed E-state index contributed by atoms with van der Waals surface area (Å²) in [7, 11) is 1.62. The molecule has 0 bridgehead atoms. The van der Waals surface area contributed by atoms with Gasteiger partial charge in [0.1, 0.15) is 11.5 Å². The summed E-state index contributed by atoms with van der Waals surface area (Å²) in [5.41, 5.74) is 0.618. The first-order valence-corrected chi connectivity index (χ1v) is 6.76. The van der Waals surface area contributed by atoms with Crippen molar-refractivity contribution in [1.82, 2.24) is 5.32 Å². The van der Waals surface area contributed by atoms with Crippen LogP contribution in [0.5, 0.6) is 11.5 Å². The number of rotatable bonds is 5. The molecule has 0 aliphatic heterocycles. The summed E-state index contributed by atoms with van der Waals surface area (Å²) >= 11 is 0. The van der Waals surface area contributed by atoms with Crippen LogP contribution in [-0.4, -0.2) is 26.2 Å². The second kappa shape index (κ2) is 6.28. The zero-order valence-electron chi connectivity index (χ0n) is 12.0. The van der Waals surface area contributed by atoms with Crippen LogP contribution in [0.1, 0.15) is 24.2 Å². The van der Waals surface area contributed by atoms with Crippen LogP contribution >= 0.6 is 0 Å². The molecule has 106 valence electrons. The van der Waals surface area contributed by atoms with Gasteiger partial charge in [-0.15, -0.1) is 0 Å². The quantitative estimate of drug-likeness (QED) is 0.911. The van der Waals surface area contributed by atoms with E-state index >= 15 is 0 Å². The monoisotopic (exact) mass is 273 g/mol. The van der Waals surface area contributed by atoms with E-state index in [1.807, 2.05) is 38.1 Å². The van der Waals surface area contributed by atoms with Crippen molar-refractivity contribution in [3.63, 3.8) is 0 Å². The summed E-state index contributed by atoms with van der Waals surface area (Å²) in [5, 5.41) is 4.33. The predicted octanol–water partition coefficient (Wildman–Crippen LogP) is 3.00. The van der Waals surface area contributed by atoms with E-state index in [1.165, 1.54) is 0 Å². The molecule has 0 saturated heterocycles. The Bertz CT molecular complexity index is 610. The standard InChI is InChI=1S/C16H19NO3/c1-4-19-13-8-6-7-11-12(16(18)17-3)9-10-14(15(11)13)20-5-2/h6-10H,4-5H2,1-3H3,(H,17,18). The van der Waals surface area contributed by atoms with Crippen molar-refractivity contribution in [2.75, 3.05) is 20.3 Å². The van der Waals surface area contributed by atoms with E-state index in [-0.39, 0.29) is 5.91 Å². The SMILES string of the molecule is CCOc1cccc2c(C(=O)NC)ccc(OCC)c12. The number of benzene rings is 2. The van der Waals surface area contributed by atoms with E-state index in [4.69, 9.17) is 9.47 Å². The van der Waals surface area contributed by atoms with Gasteiger partial charge < -0.3 is 14.8 Å². The predicted molar refractivity (Wildman–Crippen MR) is 79.7 cm³/mol. The average molecular weight is 273 g/mol. The van der Waals surface area contributed by atoms with Crippen molar-refractivity contribution in [2.45, 2.75) is 13.8 Å². The molecule has 20 heavy (non-hydrogen) atoms. The molecule has 4 heteroatoms. The Morgan fingerprint density at radius 2 is 1.70 bits per heavy atom. The number of hydrogen-bond acceptors (Lipinski definition) is 3. The maximum Gasteiger partial charge on any atom is 0.251 e. The van der Waals surface area contributed by atoms with Crippen LogP contribution < -0.4 is 14.8 Å². The third-order valence-corrected chi connectivity index (χ3v) is 3.04. The second-order valence-corrected chi connectivity index (χ2v) is 4.24. The summed E-state index contributed by atoms with van der Waals surface area (Å²) in [4.78, 5) is 12.0. The van der Waals surface area contributed by atoms with Crippen LogP contribution in [0.3, 0.4) is 0 Å². The van der Waals surface area contributed by atoms with Crippen molar-refractivity contribution in [3.8, 4) is 11.5 Å². The minimum atomic E-state index is -0.119. The van der Waals surface area contributed by atoms with E-state index < -0.39 is 0 Å². The van der Waals surface area contributed by atoms with Crippen LogP contribution in [0.4, 0.5) is 0 Å². The Kier molecular flexibility index (Phi) is 4.45. The Balaban J connectivity index is 2.73. The fraction of sp³-hybridized carbons (Fsp3) is 0.312. The summed E-state index contributed by atoms with van der Waals surface area (Å²) in [5.74, 6) is 1.35. The minimum absolute atomic E-state index is 0.119. The Morgan fingerprint density at radius 3 is 2.30 bits per heavy atom. The molecule has 1 amide bonds. The molecule has 0 fully saturated rings. The third kappa shape index (κ3) is 2.54. The summed E-state index contributed by atoms with van der Waals surface area (Å²) in [6, 6.07) is 9.28. The lowest BCUT2D eigenvalue weighted by molar-refractivity contribution is 0.0964. The van der Waals surface area contributed by atoms with E-state index in [2.05, 4.69) is 5.32 Å². The Labute approximate surface area is 118 Å². The van der Waals surface area contributed by atoms with Gasteiger partial charge in [0, 0.05) is 18.0 Å². The van der Waals surface area contributed by atoms with Gasteiger partial charge in [-0.1, -0.05) is 12.1 Å². The third-order valence-electron chi connectivity index (χ3n) is 3.04. The smallest absolute Gasteiger partial charge is 0.251 e. The molecule has 0 aromatic heterocycles. The van der Waals surface area contributed by atoms with Gasteiger partial charge in [-0.2, -0.15) is 0 Å². The van der Waals surface area contributed by atoms with E-state index in [9.17, 15) is 4.79 Å². The molecule has 2 aromatic rings. The van der Waals surface area contributed by atoms with Crippen LogP contribution in [0, 0.1) is 0 Å². The minimum Gasteiger partial charge on any atom is -0.493 e. The molecule has 2 aromatic carbocycles. The summed E-state index contributed by atoms with van der Waals surface area (Å²) in [6.07, 6.45) is 0. The number of carbonyl (C=O) groups excluding carboxylic acids is 1. The molecule has 2 rings (SSSR count). The first-order chi connectivity index (χ1) is 9.72. The van der Waals surface area contributed by atoms with Gasteiger partial charge in [0.15, 0.2) is 0 Å². The maximum absolute atomic E-state index is 12.0. The van der Waals surface area contributed by atoms with Gasteiger partial charge in [0.2, 0.25) is 0 Å². The number of hydrogen-bond donors (Lipinski definition) is 1. The van der Waals surface area contributed by atoms with Crippen molar-refractivity contribution >= 4 is 16.7 Å². The molecule has 0 aliphatic carbocycles. The number of ether oxygens (including phenoxy) is 2. The molecule has 0 atom stereocenters. The van der Waals surface area contributed by atoms with Gasteiger partial charge in [-0.3, -0.25) is 4.79 Å². The molecule has 0 radical (unpaired) electrons. The van der Waals surface area contributed by atoms with Gasteiger partial charge >= 0.3 is 0 Å². The molecule has 0 unspecified atom stereocenters. The Morgan fingerprint density at radius 1 is 1.05 bits per heavy atom. The fourth-order valence-electron chi connectivity index (χ4n) is 2.23. The summed E-state index contributed by atoms with van der Waals surface area (Å²) < 4.78 is 11.3. The normalized spacial score (nSPS) is 10.3. The van der Waals surface area contributed by atoms with Crippen molar-refractivity contribution in [2.24, 2.45) is 0 Å². The Hall–Kier alpha value is -2.23. The average Bonchev–Trinajstić information content (AvgIpc) is 2.47. The van der Waals surface area contributed by atoms with Gasteiger partial charge in [-0.25, -0.2) is 0 Å². The molecular weight excluding hydrogens is 254 g/mol. The van der Waals surface area contributed by atoms with Crippen LogP contribution in [0.15, 0.2) is 30.3 Å². The van der Waals surface area contributed by atoms with E-state index in [0.29, 0.717) is 18.8 Å². The van der Waals surface area contributed by atoms with E-state index in [1.54, 1.807) is 13.1 Å². The van der Waals surface area contributed by atoms with Gasteiger partial charge in [-0.05, 0) is 32.0 Å². The first-order valence-electron chi connectivity index (χ1n) is 6.76. The summed E-state index contributed by atoms with van der Waals surface area (Å²) in [6.45, 7) is 4.99. The second-order valence-electron chi connectivity index (χ2n) is 4.24. The highest BCUT2D eigenvalue weighted by Crippen LogP contribution is 2.36. The largest absolute Gasteiger partial charge is 0.493 e. The molecule has 0 saturated carbocycles. The zero-order valence-corrected chi connectivity index (χ0v) is 12.0. The molecule has 1 N–H and O–H groups in total. The number of nitrogens with one attached hydrogen (secondary N) is 1. The van der Waals surface area contributed by atoms with E-state index in [0.717, 1.165) is 22.3 Å². The van der Waals surface area contributed by atoms with Gasteiger partial charge in [0.05, 0.1) is 18.6 Å². The van der Waals surface area contributed by atoms with Crippen molar-refractivity contribution < 1.29 is 14.3 Å². The zero-order chi connectivity index (χ0) is 14.5.